The van der Waals surface area contributed by atoms with Gasteiger partial charge in [-0.3, -0.25) is 0 Å². The molecule has 0 rings (SSSR count). The van der Waals surface area contributed by atoms with Gasteiger partial charge < -0.3 is 15.3 Å². The third kappa shape index (κ3) is 6.66. The van der Waals surface area contributed by atoms with Crippen molar-refractivity contribution in [3.05, 3.63) is 0 Å². The monoisotopic (exact) mass is 176 g/mol. The van der Waals surface area contributed by atoms with Gasteiger partial charge in [0.1, 0.15) is 5.60 Å². The molecular formula is C6H12N2O4. The smallest absolute Gasteiger partial charge is 0.441 e. The molecule has 0 aromatic heterocycles. The molecule has 0 aliphatic heterocycles. The van der Waals surface area contributed by atoms with Crippen molar-refractivity contribution in [3.63, 3.8) is 0 Å². The van der Waals surface area contributed by atoms with Gasteiger partial charge in [-0.2, -0.15) is 0 Å². The number of primary amides is 1. The highest BCUT2D eigenvalue weighted by Gasteiger charge is 2.16. The first-order chi connectivity index (χ1) is 5.31. The Bertz CT molecular complexity index is 184. The van der Waals surface area contributed by atoms with Crippen LogP contribution in [0, 0.1) is 0 Å². The summed E-state index contributed by atoms with van der Waals surface area (Å²) in [5.74, 6) is 0. The number of amides is 2. The van der Waals surface area contributed by atoms with E-state index in [4.69, 9.17) is 4.74 Å². The second kappa shape index (κ2) is 3.80. The molecule has 0 unspecified atom stereocenters. The molecule has 6 heteroatoms. The lowest BCUT2D eigenvalue weighted by molar-refractivity contribution is 0.0166. The number of hydrogen-bond acceptors (Lipinski definition) is 4. The van der Waals surface area contributed by atoms with Crippen LogP contribution in [0.15, 0.2) is 0 Å². The summed E-state index contributed by atoms with van der Waals surface area (Å²) in [6.45, 7) is 5.03. The first-order valence-corrected chi connectivity index (χ1v) is 3.26. The van der Waals surface area contributed by atoms with Crippen LogP contribution in [0.2, 0.25) is 0 Å². The molecule has 0 saturated carbocycles. The summed E-state index contributed by atoms with van der Waals surface area (Å²) in [6.07, 6.45) is -1.96. The van der Waals surface area contributed by atoms with Crippen LogP contribution >= 0.6 is 0 Å². The SMILES string of the molecule is CC(C)(C)OC(=O)NOC(N)=O. The molecular weight excluding hydrogens is 164 g/mol. The van der Waals surface area contributed by atoms with Gasteiger partial charge in [0.25, 0.3) is 0 Å². The first-order valence-electron chi connectivity index (χ1n) is 3.26. The van der Waals surface area contributed by atoms with Crippen LogP contribution in [-0.2, 0) is 9.57 Å². The Kier molecular flexibility index (Phi) is 3.33. The molecule has 0 aliphatic carbocycles. The van der Waals surface area contributed by atoms with Crippen molar-refractivity contribution >= 4 is 12.2 Å². The fourth-order valence-electron chi connectivity index (χ4n) is 0.391. The minimum Gasteiger partial charge on any atom is -0.442 e. The fraction of sp³-hybridized carbons (Fsp3) is 0.667. The molecule has 0 aliphatic rings. The van der Waals surface area contributed by atoms with Crippen molar-refractivity contribution in [2.24, 2.45) is 5.73 Å². The molecule has 12 heavy (non-hydrogen) atoms. The van der Waals surface area contributed by atoms with Crippen LogP contribution in [0.5, 0.6) is 0 Å². The number of nitrogens with one attached hydrogen (secondary N) is 1. The third-order valence-electron chi connectivity index (χ3n) is 0.634. The molecule has 0 heterocycles. The summed E-state index contributed by atoms with van der Waals surface area (Å²) >= 11 is 0. The van der Waals surface area contributed by atoms with Crippen LogP contribution in [0.1, 0.15) is 20.8 Å². The standard InChI is InChI=1S/C6H12N2O4/c1-6(2,3)11-5(10)8-12-4(7)9/h1-3H3,(H2,7,9)(H,8,10). The fourth-order valence-corrected chi connectivity index (χ4v) is 0.391. The molecule has 0 radical (unpaired) electrons. The van der Waals surface area contributed by atoms with Crippen LogP contribution in [0.3, 0.4) is 0 Å². The summed E-state index contributed by atoms with van der Waals surface area (Å²) in [6, 6.07) is 0. The second-order valence-electron chi connectivity index (χ2n) is 3.03. The van der Waals surface area contributed by atoms with Gasteiger partial charge in [0.2, 0.25) is 0 Å². The highest BCUT2D eigenvalue weighted by Crippen LogP contribution is 2.05. The molecule has 0 spiro atoms. The van der Waals surface area contributed by atoms with Crippen molar-refractivity contribution in [1.82, 2.24) is 5.48 Å². The van der Waals surface area contributed by atoms with Gasteiger partial charge in [0.05, 0.1) is 0 Å². The molecule has 0 bridgehead atoms. The van der Waals surface area contributed by atoms with Crippen LogP contribution in [0.25, 0.3) is 0 Å². The molecule has 0 fully saturated rings. The second-order valence-corrected chi connectivity index (χ2v) is 3.03. The Hall–Kier alpha value is -1.46. The molecule has 0 aromatic carbocycles. The maximum absolute atomic E-state index is 10.7. The summed E-state index contributed by atoms with van der Waals surface area (Å²) in [7, 11) is 0. The van der Waals surface area contributed by atoms with E-state index in [-0.39, 0.29) is 0 Å². The Balaban J connectivity index is 3.68. The molecule has 70 valence electrons. The Morgan fingerprint density at radius 3 is 2.17 bits per heavy atom. The maximum atomic E-state index is 10.7. The first kappa shape index (κ1) is 10.5. The van der Waals surface area contributed by atoms with Crippen LogP contribution in [0.4, 0.5) is 9.59 Å². The molecule has 0 aromatic rings. The van der Waals surface area contributed by atoms with Gasteiger partial charge in [-0.05, 0) is 20.8 Å². The number of hydrogen-bond donors (Lipinski definition) is 2. The Morgan fingerprint density at radius 1 is 1.33 bits per heavy atom. The number of nitrogens with two attached hydrogens (primary N) is 1. The Labute approximate surface area is 70.0 Å². The minimum absolute atomic E-state index is 0.634. The topological polar surface area (TPSA) is 90.7 Å². The summed E-state index contributed by atoms with van der Waals surface area (Å²) in [4.78, 5) is 24.7. The summed E-state index contributed by atoms with van der Waals surface area (Å²) in [5.41, 5.74) is 5.64. The number of rotatable bonds is 0. The average molecular weight is 176 g/mol. The Morgan fingerprint density at radius 2 is 1.83 bits per heavy atom. The largest absolute Gasteiger partial charge is 0.442 e. The third-order valence-corrected chi connectivity index (χ3v) is 0.634. The van der Waals surface area contributed by atoms with E-state index < -0.39 is 17.8 Å². The number of carbonyl (C=O) groups excluding carboxylic acids is 2. The molecule has 6 nitrogen and oxygen atoms in total. The highest BCUT2D eigenvalue weighted by atomic mass is 16.7. The maximum Gasteiger partial charge on any atom is 0.441 e. The van der Waals surface area contributed by atoms with E-state index in [2.05, 4.69) is 10.6 Å². The van der Waals surface area contributed by atoms with Crippen LogP contribution < -0.4 is 11.2 Å². The van der Waals surface area contributed by atoms with Crippen molar-refractivity contribution in [3.8, 4) is 0 Å². The van der Waals surface area contributed by atoms with E-state index in [0.29, 0.717) is 0 Å². The highest BCUT2D eigenvalue weighted by molar-refractivity contribution is 5.70. The van der Waals surface area contributed by atoms with E-state index in [1.54, 1.807) is 26.3 Å². The summed E-state index contributed by atoms with van der Waals surface area (Å²) < 4.78 is 4.71. The van der Waals surface area contributed by atoms with Gasteiger partial charge in [-0.15, -0.1) is 5.48 Å². The predicted octanol–water partition coefficient (Wildman–Crippen LogP) is 0.521. The van der Waals surface area contributed by atoms with E-state index in [9.17, 15) is 9.59 Å². The normalized spacial score (nSPS) is 10.2. The predicted molar refractivity (Wildman–Crippen MR) is 40.0 cm³/mol. The van der Waals surface area contributed by atoms with Gasteiger partial charge >= 0.3 is 12.2 Å². The molecule has 2 amide bonds. The van der Waals surface area contributed by atoms with Crippen molar-refractivity contribution in [2.45, 2.75) is 26.4 Å². The lowest BCUT2D eigenvalue weighted by Crippen LogP contribution is -2.35. The van der Waals surface area contributed by atoms with Crippen LogP contribution in [-0.4, -0.2) is 17.8 Å². The van der Waals surface area contributed by atoms with Gasteiger partial charge in [0.15, 0.2) is 0 Å². The van der Waals surface area contributed by atoms with Crippen molar-refractivity contribution in [2.75, 3.05) is 0 Å². The minimum atomic E-state index is -1.10. The van der Waals surface area contributed by atoms with E-state index >= 15 is 0 Å². The number of ether oxygens (including phenoxy) is 1. The number of carbonyl (C=O) groups is 2. The number of hydroxylamine groups is 1. The van der Waals surface area contributed by atoms with E-state index in [1.807, 2.05) is 0 Å². The lowest BCUT2D eigenvalue weighted by atomic mass is 10.2. The van der Waals surface area contributed by atoms with Gasteiger partial charge in [-0.1, -0.05) is 0 Å². The van der Waals surface area contributed by atoms with E-state index in [0.717, 1.165) is 0 Å². The zero-order valence-corrected chi connectivity index (χ0v) is 7.21. The zero-order chi connectivity index (χ0) is 9.78. The van der Waals surface area contributed by atoms with Gasteiger partial charge in [0, 0.05) is 0 Å². The summed E-state index contributed by atoms with van der Waals surface area (Å²) in [5, 5.41) is 0. The molecule has 3 N–H and O–H groups in total. The molecule has 0 atom stereocenters. The van der Waals surface area contributed by atoms with E-state index in [1.165, 1.54) is 0 Å². The van der Waals surface area contributed by atoms with Gasteiger partial charge in [-0.25, -0.2) is 9.59 Å². The quantitative estimate of drug-likeness (QED) is 0.526. The lowest BCUT2D eigenvalue weighted by Gasteiger charge is -2.18. The van der Waals surface area contributed by atoms with Crippen molar-refractivity contribution in [1.29, 1.82) is 0 Å². The zero-order valence-electron chi connectivity index (χ0n) is 7.21. The molecule has 0 saturated heterocycles. The van der Waals surface area contributed by atoms with Crippen molar-refractivity contribution < 1.29 is 19.2 Å². The average Bonchev–Trinajstić information content (AvgIpc) is 1.79.